The fraction of sp³-hybridized carbons (Fsp3) is 0.357. The number of nitrogens with zero attached hydrogens (tertiary/aromatic N) is 1. The molecular weight excluding hydrogens is 323 g/mol. The summed E-state index contributed by atoms with van der Waals surface area (Å²) in [5, 5.41) is 1.23. The van der Waals surface area contributed by atoms with Crippen LogP contribution in [0.4, 0.5) is 0 Å². The minimum atomic E-state index is -0.212. The number of fused-ring (bicyclic) bond motifs is 1. The van der Waals surface area contributed by atoms with Crippen molar-refractivity contribution in [2.24, 2.45) is 5.73 Å². The van der Waals surface area contributed by atoms with Gasteiger partial charge in [-0.2, -0.15) is 0 Å². The minimum absolute atomic E-state index is 0.212. The number of nitrogens with two attached hydrogens (primary N) is 1. The van der Waals surface area contributed by atoms with Gasteiger partial charge in [0, 0.05) is 26.6 Å². The van der Waals surface area contributed by atoms with Crippen LogP contribution in [-0.2, 0) is 6.42 Å². The average Bonchev–Trinajstić information content (AvgIpc) is 2.17. The van der Waals surface area contributed by atoms with E-state index in [9.17, 15) is 0 Å². The Hall–Kier alpha value is -0.680. The Morgan fingerprint density at radius 3 is 2.65 bits per heavy atom. The van der Waals surface area contributed by atoms with Gasteiger partial charge in [-0.25, -0.2) is 0 Å². The predicted molar refractivity (Wildman–Crippen MR) is 81.2 cm³/mol. The largest absolute Gasteiger partial charge is 0.325 e. The Kier molecular flexibility index (Phi) is 3.41. The summed E-state index contributed by atoms with van der Waals surface area (Å²) in [6.45, 7) is 6.19. The van der Waals surface area contributed by atoms with Crippen LogP contribution in [0.5, 0.6) is 0 Å². The molecule has 0 unspecified atom stereocenters. The van der Waals surface area contributed by atoms with Crippen molar-refractivity contribution in [2.75, 3.05) is 0 Å². The third kappa shape index (κ3) is 3.16. The van der Waals surface area contributed by atoms with Crippen LogP contribution >= 0.6 is 22.6 Å². The normalized spacial score (nSPS) is 12.1. The summed E-state index contributed by atoms with van der Waals surface area (Å²) in [5.74, 6) is 0. The average molecular weight is 340 g/mol. The van der Waals surface area contributed by atoms with Gasteiger partial charge in [-0.05, 0) is 73.2 Å². The highest BCUT2D eigenvalue weighted by molar-refractivity contribution is 14.1. The maximum atomic E-state index is 6.04. The fourth-order valence-electron chi connectivity index (χ4n) is 1.99. The molecule has 1 heterocycles. The molecule has 0 atom stereocenters. The van der Waals surface area contributed by atoms with E-state index in [1.165, 1.54) is 14.5 Å². The van der Waals surface area contributed by atoms with Gasteiger partial charge in [0.05, 0.1) is 5.52 Å². The van der Waals surface area contributed by atoms with Crippen LogP contribution in [0, 0.1) is 10.5 Å². The zero-order chi connectivity index (χ0) is 12.6. The smallest absolute Gasteiger partial charge is 0.0708 e. The molecule has 0 aliphatic carbocycles. The molecule has 0 bridgehead atoms. The van der Waals surface area contributed by atoms with Crippen molar-refractivity contribution in [2.45, 2.75) is 32.7 Å². The SMILES string of the molecule is Cc1cc(CC(C)(C)N)nc2ccc(I)cc12. The number of halogens is 1. The lowest BCUT2D eigenvalue weighted by atomic mass is 9.98. The van der Waals surface area contributed by atoms with E-state index in [0.717, 1.165) is 17.6 Å². The van der Waals surface area contributed by atoms with Gasteiger partial charge < -0.3 is 5.73 Å². The molecule has 1 aromatic heterocycles. The number of aromatic nitrogens is 1. The second kappa shape index (κ2) is 4.53. The molecule has 0 amide bonds. The topological polar surface area (TPSA) is 38.9 Å². The standard InChI is InChI=1S/C14H17IN2/c1-9-6-11(8-14(2,3)16)17-13-5-4-10(15)7-12(9)13/h4-7H,8,16H2,1-3H3. The Morgan fingerprint density at radius 1 is 1.29 bits per heavy atom. The van der Waals surface area contributed by atoms with Crippen molar-refractivity contribution in [1.29, 1.82) is 0 Å². The number of pyridine rings is 1. The summed E-state index contributed by atoms with van der Waals surface area (Å²) in [5.41, 5.74) is 9.24. The van der Waals surface area contributed by atoms with Gasteiger partial charge in [-0.15, -0.1) is 0 Å². The van der Waals surface area contributed by atoms with Crippen LogP contribution in [0.1, 0.15) is 25.1 Å². The first-order chi connectivity index (χ1) is 7.85. The molecule has 3 heteroatoms. The van der Waals surface area contributed by atoms with Crippen molar-refractivity contribution < 1.29 is 0 Å². The number of rotatable bonds is 2. The maximum absolute atomic E-state index is 6.04. The van der Waals surface area contributed by atoms with Crippen molar-refractivity contribution in [3.05, 3.63) is 39.1 Å². The Balaban J connectivity index is 2.52. The van der Waals surface area contributed by atoms with E-state index in [-0.39, 0.29) is 5.54 Å². The molecule has 2 N–H and O–H groups in total. The molecule has 0 saturated carbocycles. The summed E-state index contributed by atoms with van der Waals surface area (Å²) in [6, 6.07) is 8.49. The third-order valence-electron chi connectivity index (χ3n) is 2.67. The highest BCUT2D eigenvalue weighted by Crippen LogP contribution is 2.21. The van der Waals surface area contributed by atoms with Crippen LogP contribution in [0.15, 0.2) is 24.3 Å². The Morgan fingerprint density at radius 2 is 2.00 bits per heavy atom. The second-order valence-corrected chi connectivity index (χ2v) is 6.50. The predicted octanol–water partition coefficient (Wildman–Crippen LogP) is 3.43. The highest BCUT2D eigenvalue weighted by atomic mass is 127. The molecule has 17 heavy (non-hydrogen) atoms. The van der Waals surface area contributed by atoms with Gasteiger partial charge in [0.2, 0.25) is 0 Å². The van der Waals surface area contributed by atoms with Crippen LogP contribution in [0.2, 0.25) is 0 Å². The van der Waals surface area contributed by atoms with E-state index in [2.05, 4.69) is 58.8 Å². The summed E-state index contributed by atoms with van der Waals surface area (Å²) in [7, 11) is 0. The van der Waals surface area contributed by atoms with E-state index in [1.54, 1.807) is 0 Å². The molecule has 2 aromatic rings. The van der Waals surface area contributed by atoms with Gasteiger partial charge in [-0.3, -0.25) is 4.98 Å². The van der Waals surface area contributed by atoms with Crippen LogP contribution in [-0.4, -0.2) is 10.5 Å². The lowest BCUT2D eigenvalue weighted by molar-refractivity contribution is 0.511. The number of hydrogen-bond acceptors (Lipinski definition) is 2. The van der Waals surface area contributed by atoms with Crippen molar-refractivity contribution in [3.63, 3.8) is 0 Å². The van der Waals surface area contributed by atoms with E-state index in [4.69, 9.17) is 5.73 Å². The Bertz CT molecular complexity index is 556. The first kappa shape index (κ1) is 12.8. The summed E-state index contributed by atoms with van der Waals surface area (Å²) in [6.07, 6.45) is 0.801. The molecule has 90 valence electrons. The van der Waals surface area contributed by atoms with Crippen molar-refractivity contribution >= 4 is 33.5 Å². The first-order valence-corrected chi connectivity index (χ1v) is 6.78. The van der Waals surface area contributed by atoms with E-state index >= 15 is 0 Å². The minimum Gasteiger partial charge on any atom is -0.325 e. The fourth-order valence-corrected chi connectivity index (χ4v) is 2.48. The van der Waals surface area contributed by atoms with Crippen molar-refractivity contribution in [1.82, 2.24) is 4.98 Å². The van der Waals surface area contributed by atoms with Gasteiger partial charge in [-0.1, -0.05) is 0 Å². The van der Waals surface area contributed by atoms with Crippen molar-refractivity contribution in [3.8, 4) is 0 Å². The second-order valence-electron chi connectivity index (χ2n) is 5.26. The zero-order valence-corrected chi connectivity index (χ0v) is 12.6. The van der Waals surface area contributed by atoms with Crippen LogP contribution < -0.4 is 5.73 Å². The monoisotopic (exact) mass is 340 g/mol. The molecule has 0 fully saturated rings. The molecule has 0 spiro atoms. The molecule has 2 nitrogen and oxygen atoms in total. The highest BCUT2D eigenvalue weighted by Gasteiger charge is 2.13. The molecule has 0 aliphatic heterocycles. The number of benzene rings is 1. The molecule has 2 rings (SSSR count). The number of hydrogen-bond donors (Lipinski definition) is 1. The third-order valence-corrected chi connectivity index (χ3v) is 3.34. The first-order valence-electron chi connectivity index (χ1n) is 5.70. The molecule has 1 aromatic carbocycles. The zero-order valence-electron chi connectivity index (χ0n) is 10.4. The molecular formula is C14H17IN2. The summed E-state index contributed by atoms with van der Waals surface area (Å²) >= 11 is 2.33. The quantitative estimate of drug-likeness (QED) is 0.851. The van der Waals surface area contributed by atoms with Gasteiger partial charge in [0.25, 0.3) is 0 Å². The Labute approximate surface area is 116 Å². The van der Waals surface area contributed by atoms with E-state index in [1.807, 2.05) is 13.8 Å². The summed E-state index contributed by atoms with van der Waals surface area (Å²) in [4.78, 5) is 4.68. The van der Waals surface area contributed by atoms with E-state index < -0.39 is 0 Å². The van der Waals surface area contributed by atoms with Crippen LogP contribution in [0.3, 0.4) is 0 Å². The molecule has 0 radical (unpaired) electrons. The summed E-state index contributed by atoms with van der Waals surface area (Å²) < 4.78 is 1.24. The lowest BCUT2D eigenvalue weighted by Gasteiger charge is -2.18. The van der Waals surface area contributed by atoms with Gasteiger partial charge in [0.15, 0.2) is 0 Å². The number of aryl methyl sites for hydroxylation is 1. The van der Waals surface area contributed by atoms with E-state index in [0.29, 0.717) is 0 Å². The lowest BCUT2D eigenvalue weighted by Crippen LogP contribution is -2.34. The van der Waals surface area contributed by atoms with Gasteiger partial charge >= 0.3 is 0 Å². The molecule has 0 saturated heterocycles. The van der Waals surface area contributed by atoms with Gasteiger partial charge in [0.1, 0.15) is 0 Å². The van der Waals surface area contributed by atoms with Crippen LogP contribution in [0.25, 0.3) is 10.9 Å². The maximum Gasteiger partial charge on any atom is 0.0708 e. The molecule has 0 aliphatic rings.